The van der Waals surface area contributed by atoms with Crippen LogP contribution < -0.4 is 19.7 Å². The molecule has 1 atom stereocenters. The third kappa shape index (κ3) is 3.15. The van der Waals surface area contributed by atoms with Crippen LogP contribution in [0.15, 0.2) is 36.4 Å². The Balaban J connectivity index is 1.59. The topological polar surface area (TPSA) is 50.8 Å². The van der Waals surface area contributed by atoms with Gasteiger partial charge in [0.05, 0.1) is 19.1 Å². The van der Waals surface area contributed by atoms with E-state index in [1.165, 1.54) is 0 Å². The standard InChI is InChI=1S/C21H24N2O3/c1-14-11-15(3-5-19(14)25-2)21-13-18(24)17-12-16(4-6-20(17)26-21)23-9-7-22-8-10-23/h3-6,11-12,21-22H,7-10,13H2,1-2H3. The van der Waals surface area contributed by atoms with E-state index in [0.29, 0.717) is 17.7 Å². The van der Waals surface area contributed by atoms with Gasteiger partial charge < -0.3 is 19.7 Å². The molecule has 136 valence electrons. The van der Waals surface area contributed by atoms with Crippen LogP contribution >= 0.6 is 0 Å². The summed E-state index contributed by atoms with van der Waals surface area (Å²) in [5.41, 5.74) is 3.85. The minimum atomic E-state index is -0.246. The third-order valence-corrected chi connectivity index (χ3v) is 5.18. The quantitative estimate of drug-likeness (QED) is 0.920. The molecular weight excluding hydrogens is 328 g/mol. The molecule has 5 heteroatoms. The minimum Gasteiger partial charge on any atom is -0.496 e. The molecule has 0 aromatic heterocycles. The van der Waals surface area contributed by atoms with Crippen molar-refractivity contribution in [2.24, 2.45) is 0 Å². The fraction of sp³-hybridized carbons (Fsp3) is 0.381. The lowest BCUT2D eigenvalue weighted by Crippen LogP contribution is -2.43. The Morgan fingerprint density at radius 3 is 2.69 bits per heavy atom. The van der Waals surface area contributed by atoms with Gasteiger partial charge in [0.1, 0.15) is 17.6 Å². The van der Waals surface area contributed by atoms with Crippen LogP contribution in [0.25, 0.3) is 0 Å². The van der Waals surface area contributed by atoms with Crippen LogP contribution in [0.4, 0.5) is 5.69 Å². The van der Waals surface area contributed by atoms with E-state index in [1.54, 1.807) is 7.11 Å². The molecule has 0 aliphatic carbocycles. The van der Waals surface area contributed by atoms with Gasteiger partial charge in [-0.1, -0.05) is 6.07 Å². The van der Waals surface area contributed by atoms with E-state index in [9.17, 15) is 4.79 Å². The Morgan fingerprint density at radius 2 is 1.96 bits per heavy atom. The van der Waals surface area contributed by atoms with Crippen LogP contribution in [-0.2, 0) is 0 Å². The van der Waals surface area contributed by atoms with Gasteiger partial charge in [-0.3, -0.25) is 4.79 Å². The number of hydrogen-bond acceptors (Lipinski definition) is 5. The van der Waals surface area contributed by atoms with Crippen molar-refractivity contribution in [2.75, 3.05) is 38.2 Å². The van der Waals surface area contributed by atoms with Crippen LogP contribution in [0.5, 0.6) is 11.5 Å². The average Bonchev–Trinajstić information content (AvgIpc) is 2.68. The van der Waals surface area contributed by atoms with E-state index in [4.69, 9.17) is 9.47 Å². The first-order valence-corrected chi connectivity index (χ1v) is 9.10. The molecule has 1 N–H and O–H groups in total. The molecule has 0 spiro atoms. The molecule has 2 aromatic rings. The van der Waals surface area contributed by atoms with Gasteiger partial charge in [0.15, 0.2) is 5.78 Å². The monoisotopic (exact) mass is 352 g/mol. The van der Waals surface area contributed by atoms with Gasteiger partial charge in [-0.25, -0.2) is 0 Å². The number of carbonyl (C=O) groups excluding carboxylic acids is 1. The van der Waals surface area contributed by atoms with Crippen molar-refractivity contribution in [3.05, 3.63) is 53.1 Å². The second-order valence-corrected chi connectivity index (χ2v) is 6.88. The number of methoxy groups -OCH3 is 1. The number of nitrogens with one attached hydrogen (secondary N) is 1. The van der Waals surface area contributed by atoms with E-state index in [0.717, 1.165) is 48.7 Å². The van der Waals surface area contributed by atoms with Gasteiger partial charge in [0.2, 0.25) is 0 Å². The van der Waals surface area contributed by atoms with Crippen molar-refractivity contribution >= 4 is 11.5 Å². The highest BCUT2D eigenvalue weighted by Gasteiger charge is 2.28. The van der Waals surface area contributed by atoms with Crippen molar-refractivity contribution in [1.82, 2.24) is 5.32 Å². The van der Waals surface area contributed by atoms with Gasteiger partial charge in [0, 0.05) is 31.9 Å². The highest BCUT2D eigenvalue weighted by molar-refractivity contribution is 6.01. The molecule has 1 fully saturated rings. The van der Waals surface area contributed by atoms with Gasteiger partial charge in [-0.15, -0.1) is 0 Å². The third-order valence-electron chi connectivity index (χ3n) is 5.18. The summed E-state index contributed by atoms with van der Waals surface area (Å²) in [5, 5.41) is 3.35. The zero-order chi connectivity index (χ0) is 18.1. The second-order valence-electron chi connectivity index (χ2n) is 6.88. The number of ketones is 1. The van der Waals surface area contributed by atoms with Crippen LogP contribution in [0.1, 0.15) is 34.0 Å². The molecule has 5 nitrogen and oxygen atoms in total. The van der Waals surface area contributed by atoms with Crippen LogP contribution in [0.2, 0.25) is 0 Å². The Labute approximate surface area is 153 Å². The molecule has 0 saturated carbocycles. The van der Waals surface area contributed by atoms with E-state index in [-0.39, 0.29) is 11.9 Å². The highest BCUT2D eigenvalue weighted by Crippen LogP contribution is 2.37. The molecule has 1 saturated heterocycles. The first-order chi connectivity index (χ1) is 12.7. The summed E-state index contributed by atoms with van der Waals surface area (Å²) in [4.78, 5) is 15.1. The molecule has 0 bridgehead atoms. The zero-order valence-electron chi connectivity index (χ0n) is 15.2. The number of piperazine rings is 1. The van der Waals surface area contributed by atoms with Crippen molar-refractivity contribution < 1.29 is 14.3 Å². The number of carbonyl (C=O) groups is 1. The lowest BCUT2D eigenvalue weighted by atomic mass is 9.95. The number of anilines is 1. The number of aryl methyl sites for hydroxylation is 1. The van der Waals surface area contributed by atoms with E-state index >= 15 is 0 Å². The number of Topliss-reactive ketones (excluding diaryl/α,β-unsaturated/α-hetero) is 1. The van der Waals surface area contributed by atoms with Gasteiger partial charge in [0.25, 0.3) is 0 Å². The maximum Gasteiger partial charge on any atom is 0.170 e. The number of rotatable bonds is 3. The van der Waals surface area contributed by atoms with Gasteiger partial charge in [-0.05, 0) is 48.4 Å². The predicted molar refractivity (Wildman–Crippen MR) is 102 cm³/mol. The molecule has 2 heterocycles. The lowest BCUT2D eigenvalue weighted by molar-refractivity contribution is 0.0850. The van der Waals surface area contributed by atoms with Crippen LogP contribution in [0.3, 0.4) is 0 Å². The Hall–Kier alpha value is -2.53. The van der Waals surface area contributed by atoms with E-state index < -0.39 is 0 Å². The van der Waals surface area contributed by atoms with Crippen LogP contribution in [-0.4, -0.2) is 39.1 Å². The number of nitrogens with zero attached hydrogens (tertiary/aromatic N) is 1. The molecule has 2 aromatic carbocycles. The Morgan fingerprint density at radius 1 is 1.15 bits per heavy atom. The zero-order valence-corrected chi connectivity index (χ0v) is 15.2. The number of hydrogen-bond donors (Lipinski definition) is 1. The van der Waals surface area contributed by atoms with Crippen molar-refractivity contribution in [3.63, 3.8) is 0 Å². The van der Waals surface area contributed by atoms with E-state index in [1.807, 2.05) is 37.3 Å². The molecule has 26 heavy (non-hydrogen) atoms. The Bertz CT molecular complexity index is 828. The summed E-state index contributed by atoms with van der Waals surface area (Å²) in [6.07, 6.45) is 0.119. The fourth-order valence-electron chi connectivity index (χ4n) is 3.72. The minimum absolute atomic E-state index is 0.140. The second kappa shape index (κ2) is 7.00. The van der Waals surface area contributed by atoms with Crippen molar-refractivity contribution in [1.29, 1.82) is 0 Å². The fourth-order valence-corrected chi connectivity index (χ4v) is 3.72. The molecule has 0 amide bonds. The maximum absolute atomic E-state index is 12.8. The van der Waals surface area contributed by atoms with Gasteiger partial charge >= 0.3 is 0 Å². The lowest BCUT2D eigenvalue weighted by Gasteiger charge is -2.31. The molecule has 2 aliphatic heterocycles. The summed E-state index contributed by atoms with van der Waals surface area (Å²) in [6.45, 7) is 5.87. The molecule has 2 aliphatic rings. The van der Waals surface area contributed by atoms with Crippen molar-refractivity contribution in [3.8, 4) is 11.5 Å². The van der Waals surface area contributed by atoms with E-state index in [2.05, 4.69) is 16.3 Å². The predicted octanol–water partition coefficient (Wildman–Crippen LogP) is 3.12. The summed E-state index contributed by atoms with van der Waals surface area (Å²) >= 11 is 0. The SMILES string of the molecule is COc1ccc(C2CC(=O)c3cc(N4CCNCC4)ccc3O2)cc1C. The molecule has 1 unspecified atom stereocenters. The molecule has 4 rings (SSSR count). The highest BCUT2D eigenvalue weighted by atomic mass is 16.5. The largest absolute Gasteiger partial charge is 0.496 e. The Kier molecular flexibility index (Phi) is 4.55. The summed E-state index contributed by atoms with van der Waals surface area (Å²) in [5.74, 6) is 1.66. The number of benzene rings is 2. The maximum atomic E-state index is 12.8. The number of ether oxygens (including phenoxy) is 2. The summed E-state index contributed by atoms with van der Waals surface area (Å²) in [6, 6.07) is 11.9. The van der Waals surface area contributed by atoms with Gasteiger partial charge in [-0.2, -0.15) is 0 Å². The first kappa shape index (κ1) is 16.9. The normalized spacial score (nSPS) is 19.7. The number of fused-ring (bicyclic) bond motifs is 1. The summed E-state index contributed by atoms with van der Waals surface area (Å²) < 4.78 is 11.5. The van der Waals surface area contributed by atoms with Crippen molar-refractivity contribution in [2.45, 2.75) is 19.4 Å². The molecular formula is C21H24N2O3. The molecule has 0 radical (unpaired) electrons. The average molecular weight is 352 g/mol. The smallest absolute Gasteiger partial charge is 0.170 e. The van der Waals surface area contributed by atoms with Crippen LogP contribution in [0, 0.1) is 6.92 Å². The summed E-state index contributed by atoms with van der Waals surface area (Å²) in [7, 11) is 1.66. The first-order valence-electron chi connectivity index (χ1n) is 9.10.